The molecule has 0 saturated heterocycles. The summed E-state index contributed by atoms with van der Waals surface area (Å²) in [6.45, 7) is 3.99. The number of benzene rings is 2. The Balaban J connectivity index is 2.28. The average Bonchev–Trinajstić information content (AvgIpc) is 2.37. The second-order valence-electron chi connectivity index (χ2n) is 4.79. The van der Waals surface area contributed by atoms with Crippen molar-refractivity contribution in [2.24, 2.45) is 0 Å². The molecule has 104 valence electrons. The first kappa shape index (κ1) is 13.9. The molecule has 0 heterocycles. The van der Waals surface area contributed by atoms with Gasteiger partial charge in [0.15, 0.2) is 0 Å². The molecule has 0 aliphatic heterocycles. The minimum absolute atomic E-state index is 0.216. The Morgan fingerprint density at radius 3 is 2.35 bits per heavy atom. The standard InChI is InChI=1S/C16H18N2O2/c1-10-6-11(2)8-13(7-10)18-16(19)14-5-4-12(17)9-15(14)20-3/h4-9H,17H2,1-3H3,(H,18,19). The lowest BCUT2D eigenvalue weighted by Gasteiger charge is -2.11. The van der Waals surface area contributed by atoms with Crippen molar-refractivity contribution in [2.75, 3.05) is 18.2 Å². The van der Waals surface area contributed by atoms with Crippen molar-refractivity contribution < 1.29 is 9.53 Å². The van der Waals surface area contributed by atoms with E-state index in [4.69, 9.17) is 10.5 Å². The third-order valence-electron chi connectivity index (χ3n) is 2.95. The van der Waals surface area contributed by atoms with Gasteiger partial charge >= 0.3 is 0 Å². The van der Waals surface area contributed by atoms with Crippen LogP contribution in [0.25, 0.3) is 0 Å². The number of nitrogens with two attached hydrogens (primary N) is 1. The van der Waals surface area contributed by atoms with Crippen LogP contribution in [-0.2, 0) is 0 Å². The zero-order chi connectivity index (χ0) is 14.7. The molecular formula is C16H18N2O2. The third kappa shape index (κ3) is 3.09. The largest absolute Gasteiger partial charge is 0.496 e. The maximum atomic E-state index is 12.3. The highest BCUT2D eigenvalue weighted by Gasteiger charge is 2.12. The molecule has 0 spiro atoms. The summed E-state index contributed by atoms with van der Waals surface area (Å²) >= 11 is 0. The van der Waals surface area contributed by atoms with E-state index in [0.29, 0.717) is 17.0 Å². The summed E-state index contributed by atoms with van der Waals surface area (Å²) < 4.78 is 5.19. The molecule has 3 N–H and O–H groups in total. The van der Waals surface area contributed by atoms with Gasteiger partial charge in [-0.15, -0.1) is 0 Å². The molecule has 0 aromatic heterocycles. The number of nitrogen functional groups attached to an aromatic ring is 1. The molecule has 2 aromatic rings. The van der Waals surface area contributed by atoms with Crippen LogP contribution >= 0.6 is 0 Å². The zero-order valence-corrected chi connectivity index (χ0v) is 11.9. The van der Waals surface area contributed by atoms with Crippen LogP contribution < -0.4 is 15.8 Å². The highest BCUT2D eigenvalue weighted by molar-refractivity contribution is 6.06. The van der Waals surface area contributed by atoms with Gasteiger partial charge in [0.2, 0.25) is 0 Å². The molecule has 0 fully saturated rings. The van der Waals surface area contributed by atoms with Gasteiger partial charge in [0.05, 0.1) is 12.7 Å². The molecule has 4 heteroatoms. The summed E-state index contributed by atoms with van der Waals surface area (Å²) in [5, 5.41) is 2.87. The molecule has 20 heavy (non-hydrogen) atoms. The number of amides is 1. The predicted molar refractivity (Wildman–Crippen MR) is 81.3 cm³/mol. The number of anilines is 2. The Bertz CT molecular complexity index is 631. The molecule has 0 aliphatic carbocycles. The Labute approximate surface area is 118 Å². The molecule has 0 saturated carbocycles. The summed E-state index contributed by atoms with van der Waals surface area (Å²) in [5.74, 6) is 0.249. The first-order chi connectivity index (χ1) is 9.49. The summed E-state index contributed by atoms with van der Waals surface area (Å²) in [6, 6.07) is 10.9. The monoisotopic (exact) mass is 270 g/mol. The van der Waals surface area contributed by atoms with Gasteiger partial charge in [-0.3, -0.25) is 4.79 Å². The quantitative estimate of drug-likeness (QED) is 0.842. The van der Waals surface area contributed by atoms with Crippen LogP contribution in [-0.4, -0.2) is 13.0 Å². The smallest absolute Gasteiger partial charge is 0.259 e. The van der Waals surface area contributed by atoms with Gasteiger partial charge < -0.3 is 15.8 Å². The van der Waals surface area contributed by atoms with Crippen LogP contribution in [0.3, 0.4) is 0 Å². The average molecular weight is 270 g/mol. The Hall–Kier alpha value is -2.49. The molecule has 0 atom stereocenters. The van der Waals surface area contributed by atoms with Crippen LogP contribution in [0.15, 0.2) is 36.4 Å². The minimum atomic E-state index is -0.216. The summed E-state index contributed by atoms with van der Waals surface area (Å²) in [7, 11) is 1.52. The van der Waals surface area contributed by atoms with Crippen LogP contribution in [0.4, 0.5) is 11.4 Å². The Morgan fingerprint density at radius 2 is 1.75 bits per heavy atom. The summed E-state index contributed by atoms with van der Waals surface area (Å²) in [4.78, 5) is 12.3. The maximum absolute atomic E-state index is 12.3. The molecular weight excluding hydrogens is 252 g/mol. The van der Waals surface area contributed by atoms with Crippen LogP contribution in [0.5, 0.6) is 5.75 Å². The van der Waals surface area contributed by atoms with Crippen molar-refractivity contribution >= 4 is 17.3 Å². The number of carbonyl (C=O) groups is 1. The number of carbonyl (C=O) groups excluding carboxylic acids is 1. The number of aryl methyl sites for hydroxylation is 2. The second-order valence-corrected chi connectivity index (χ2v) is 4.79. The van der Waals surface area contributed by atoms with E-state index in [9.17, 15) is 4.79 Å². The molecule has 2 aromatic carbocycles. The van der Waals surface area contributed by atoms with E-state index in [-0.39, 0.29) is 5.91 Å². The minimum Gasteiger partial charge on any atom is -0.496 e. The number of hydrogen-bond acceptors (Lipinski definition) is 3. The van der Waals surface area contributed by atoms with E-state index in [1.165, 1.54) is 7.11 Å². The van der Waals surface area contributed by atoms with Crippen molar-refractivity contribution in [2.45, 2.75) is 13.8 Å². The fourth-order valence-corrected chi connectivity index (χ4v) is 2.14. The highest BCUT2D eigenvalue weighted by atomic mass is 16.5. The van der Waals surface area contributed by atoms with Gasteiger partial charge in [-0.05, 0) is 49.2 Å². The molecule has 0 bridgehead atoms. The number of hydrogen-bond donors (Lipinski definition) is 2. The van der Waals surface area contributed by atoms with Gasteiger partial charge in [-0.25, -0.2) is 0 Å². The zero-order valence-electron chi connectivity index (χ0n) is 11.9. The van der Waals surface area contributed by atoms with E-state index >= 15 is 0 Å². The molecule has 2 rings (SSSR count). The van der Waals surface area contributed by atoms with E-state index in [2.05, 4.69) is 11.4 Å². The van der Waals surface area contributed by atoms with Crippen LogP contribution in [0.1, 0.15) is 21.5 Å². The number of ether oxygens (including phenoxy) is 1. The van der Waals surface area contributed by atoms with Gasteiger partial charge in [-0.2, -0.15) is 0 Å². The highest BCUT2D eigenvalue weighted by Crippen LogP contribution is 2.23. The van der Waals surface area contributed by atoms with Crippen molar-refractivity contribution in [1.29, 1.82) is 0 Å². The van der Waals surface area contributed by atoms with Crippen molar-refractivity contribution in [1.82, 2.24) is 0 Å². The lowest BCUT2D eigenvalue weighted by Crippen LogP contribution is -2.13. The number of rotatable bonds is 3. The fourth-order valence-electron chi connectivity index (χ4n) is 2.14. The van der Waals surface area contributed by atoms with Gasteiger partial charge in [0, 0.05) is 17.4 Å². The van der Waals surface area contributed by atoms with Crippen molar-refractivity contribution in [3.05, 3.63) is 53.1 Å². The summed E-state index contributed by atoms with van der Waals surface area (Å²) in [5.41, 5.74) is 9.68. The SMILES string of the molecule is COc1cc(N)ccc1C(=O)Nc1cc(C)cc(C)c1. The number of methoxy groups -OCH3 is 1. The van der Waals surface area contributed by atoms with Gasteiger partial charge in [-0.1, -0.05) is 6.07 Å². The van der Waals surface area contributed by atoms with Crippen molar-refractivity contribution in [3.63, 3.8) is 0 Å². The maximum Gasteiger partial charge on any atom is 0.259 e. The van der Waals surface area contributed by atoms with E-state index in [0.717, 1.165) is 16.8 Å². The normalized spacial score (nSPS) is 10.2. The molecule has 1 amide bonds. The molecule has 0 unspecified atom stereocenters. The Morgan fingerprint density at radius 1 is 1.10 bits per heavy atom. The Kier molecular flexibility index (Phi) is 3.94. The summed E-state index contributed by atoms with van der Waals surface area (Å²) in [6.07, 6.45) is 0. The van der Waals surface area contributed by atoms with E-state index in [1.807, 2.05) is 26.0 Å². The molecule has 4 nitrogen and oxygen atoms in total. The molecule has 0 aliphatic rings. The third-order valence-corrected chi connectivity index (χ3v) is 2.95. The molecule has 0 radical (unpaired) electrons. The van der Waals surface area contributed by atoms with Gasteiger partial charge in [0.1, 0.15) is 5.75 Å². The van der Waals surface area contributed by atoms with Crippen molar-refractivity contribution in [3.8, 4) is 5.75 Å². The fraction of sp³-hybridized carbons (Fsp3) is 0.188. The lowest BCUT2D eigenvalue weighted by atomic mass is 10.1. The van der Waals surface area contributed by atoms with E-state index in [1.54, 1.807) is 18.2 Å². The first-order valence-corrected chi connectivity index (χ1v) is 6.33. The van der Waals surface area contributed by atoms with Gasteiger partial charge in [0.25, 0.3) is 5.91 Å². The lowest BCUT2D eigenvalue weighted by molar-refractivity contribution is 0.102. The van der Waals surface area contributed by atoms with Crippen LogP contribution in [0.2, 0.25) is 0 Å². The first-order valence-electron chi connectivity index (χ1n) is 6.33. The number of nitrogens with one attached hydrogen (secondary N) is 1. The second kappa shape index (κ2) is 5.65. The van der Waals surface area contributed by atoms with Crippen LogP contribution in [0, 0.1) is 13.8 Å². The van der Waals surface area contributed by atoms with E-state index < -0.39 is 0 Å². The predicted octanol–water partition coefficient (Wildman–Crippen LogP) is 3.15. The topological polar surface area (TPSA) is 64.3 Å².